The zero-order valence-electron chi connectivity index (χ0n) is 10.3. The summed E-state index contributed by atoms with van der Waals surface area (Å²) < 4.78 is 1.01. The van der Waals surface area contributed by atoms with Crippen molar-refractivity contribution in [1.29, 1.82) is 0 Å². The van der Waals surface area contributed by atoms with Gasteiger partial charge in [-0.25, -0.2) is 0 Å². The Hall–Kier alpha value is -1.31. The van der Waals surface area contributed by atoms with Gasteiger partial charge in [0.25, 0.3) is 0 Å². The smallest absolute Gasteiger partial charge is 0.238 e. The summed E-state index contributed by atoms with van der Waals surface area (Å²) in [7, 11) is 0. The van der Waals surface area contributed by atoms with E-state index in [4.69, 9.17) is 12.2 Å². The van der Waals surface area contributed by atoms with Crippen LogP contribution in [0.5, 0.6) is 0 Å². The second kappa shape index (κ2) is 7.20. The minimum atomic E-state index is -0.639. The van der Waals surface area contributed by atoms with Crippen LogP contribution in [0.3, 0.4) is 0 Å². The van der Waals surface area contributed by atoms with E-state index in [-0.39, 0.29) is 18.4 Å². The second-order valence-electron chi connectivity index (χ2n) is 4.04. The maximum Gasteiger partial charge on any atom is 0.238 e. The maximum absolute atomic E-state index is 11.8. The first-order valence-electron chi connectivity index (χ1n) is 5.83. The lowest BCUT2D eigenvalue weighted by atomic mass is 10.0. The summed E-state index contributed by atoms with van der Waals surface area (Å²) >= 11 is 3.38. The van der Waals surface area contributed by atoms with Crippen LogP contribution in [0.1, 0.15) is 31.4 Å². The number of carbonyl (C=O) groups is 1. The normalized spacial score (nSPS) is 13.4. The SMILES string of the molecule is C#CCC(N)C(=O)NC(CC)c1ccc(Br)cc1. The molecule has 0 saturated heterocycles. The Kier molecular flexibility index (Phi) is 5.90. The summed E-state index contributed by atoms with van der Waals surface area (Å²) in [5.41, 5.74) is 6.73. The number of nitrogens with two attached hydrogens (primary N) is 1. The van der Waals surface area contributed by atoms with Crippen LogP contribution in [-0.2, 0) is 4.79 Å². The lowest BCUT2D eigenvalue weighted by Gasteiger charge is -2.19. The number of halogens is 1. The average molecular weight is 309 g/mol. The van der Waals surface area contributed by atoms with Gasteiger partial charge in [-0.2, -0.15) is 0 Å². The molecule has 0 bridgehead atoms. The number of nitrogens with one attached hydrogen (secondary N) is 1. The van der Waals surface area contributed by atoms with E-state index >= 15 is 0 Å². The summed E-state index contributed by atoms with van der Waals surface area (Å²) in [4.78, 5) is 11.8. The van der Waals surface area contributed by atoms with Crippen molar-refractivity contribution in [2.75, 3.05) is 0 Å². The van der Waals surface area contributed by atoms with Crippen LogP contribution in [0, 0.1) is 12.3 Å². The molecule has 2 atom stereocenters. The van der Waals surface area contributed by atoms with Crippen molar-refractivity contribution < 1.29 is 4.79 Å². The van der Waals surface area contributed by atoms with E-state index in [0.29, 0.717) is 0 Å². The second-order valence-corrected chi connectivity index (χ2v) is 4.95. The molecular weight excluding hydrogens is 292 g/mol. The number of amides is 1. The Morgan fingerprint density at radius 3 is 2.61 bits per heavy atom. The maximum atomic E-state index is 11.8. The van der Waals surface area contributed by atoms with Gasteiger partial charge < -0.3 is 11.1 Å². The van der Waals surface area contributed by atoms with Crippen molar-refractivity contribution in [3.05, 3.63) is 34.3 Å². The van der Waals surface area contributed by atoms with E-state index in [1.54, 1.807) is 0 Å². The third kappa shape index (κ3) is 4.17. The van der Waals surface area contributed by atoms with Crippen LogP contribution in [0.4, 0.5) is 0 Å². The molecule has 0 aliphatic carbocycles. The minimum absolute atomic E-state index is 0.0329. The standard InChI is InChI=1S/C14H17BrN2O/c1-3-5-12(16)14(18)17-13(4-2)10-6-8-11(15)9-7-10/h1,6-9,12-13H,4-5,16H2,2H3,(H,17,18). The highest BCUT2D eigenvalue weighted by Crippen LogP contribution is 2.19. The number of terminal acetylenes is 1. The van der Waals surface area contributed by atoms with Crippen LogP contribution < -0.4 is 11.1 Å². The van der Waals surface area contributed by atoms with Crippen LogP contribution >= 0.6 is 15.9 Å². The highest BCUT2D eigenvalue weighted by molar-refractivity contribution is 9.10. The fourth-order valence-corrected chi connectivity index (χ4v) is 1.88. The topological polar surface area (TPSA) is 55.1 Å². The van der Waals surface area contributed by atoms with Gasteiger partial charge >= 0.3 is 0 Å². The Labute approximate surface area is 116 Å². The van der Waals surface area contributed by atoms with Gasteiger partial charge in [0.1, 0.15) is 0 Å². The van der Waals surface area contributed by atoms with Gasteiger partial charge in [0, 0.05) is 10.9 Å². The zero-order chi connectivity index (χ0) is 13.5. The van der Waals surface area contributed by atoms with Gasteiger partial charge in [-0.1, -0.05) is 35.0 Å². The number of hydrogen-bond donors (Lipinski definition) is 2. The van der Waals surface area contributed by atoms with Gasteiger partial charge in [-0.05, 0) is 24.1 Å². The molecule has 0 heterocycles. The molecule has 4 heteroatoms. The molecule has 3 nitrogen and oxygen atoms in total. The van der Waals surface area contributed by atoms with Crippen LogP contribution in [-0.4, -0.2) is 11.9 Å². The Bertz CT molecular complexity index is 436. The molecule has 1 aromatic rings. The fourth-order valence-electron chi connectivity index (χ4n) is 1.61. The van der Waals surface area contributed by atoms with Crippen molar-refractivity contribution >= 4 is 21.8 Å². The molecular formula is C14H17BrN2O. The number of benzene rings is 1. The summed E-state index contributed by atoms with van der Waals surface area (Å²) in [6.07, 6.45) is 6.20. The first-order valence-corrected chi connectivity index (χ1v) is 6.62. The quantitative estimate of drug-likeness (QED) is 0.821. The molecule has 3 N–H and O–H groups in total. The van der Waals surface area contributed by atoms with Gasteiger partial charge in [0.15, 0.2) is 0 Å². The minimum Gasteiger partial charge on any atom is -0.348 e. The number of rotatable bonds is 5. The Morgan fingerprint density at radius 1 is 1.50 bits per heavy atom. The summed E-state index contributed by atoms with van der Waals surface area (Å²) in [6, 6.07) is 7.18. The van der Waals surface area contributed by atoms with Gasteiger partial charge in [0.05, 0.1) is 12.1 Å². The average Bonchev–Trinajstić information content (AvgIpc) is 2.37. The molecule has 96 valence electrons. The highest BCUT2D eigenvalue weighted by Gasteiger charge is 2.17. The molecule has 0 radical (unpaired) electrons. The monoisotopic (exact) mass is 308 g/mol. The van der Waals surface area contributed by atoms with E-state index in [1.807, 2.05) is 31.2 Å². The van der Waals surface area contributed by atoms with E-state index in [2.05, 4.69) is 27.2 Å². The fraction of sp³-hybridized carbons (Fsp3) is 0.357. The van der Waals surface area contributed by atoms with Crippen LogP contribution in [0.15, 0.2) is 28.7 Å². The van der Waals surface area contributed by atoms with E-state index in [0.717, 1.165) is 16.5 Å². The van der Waals surface area contributed by atoms with Crippen LogP contribution in [0.2, 0.25) is 0 Å². The summed E-state index contributed by atoms with van der Waals surface area (Å²) in [5.74, 6) is 2.19. The van der Waals surface area contributed by atoms with Crippen molar-refractivity contribution in [2.24, 2.45) is 5.73 Å². The van der Waals surface area contributed by atoms with Crippen molar-refractivity contribution in [3.63, 3.8) is 0 Å². The summed E-state index contributed by atoms with van der Waals surface area (Å²) in [5, 5.41) is 2.91. The van der Waals surface area contributed by atoms with Crippen LogP contribution in [0.25, 0.3) is 0 Å². The van der Waals surface area contributed by atoms with Crippen molar-refractivity contribution in [3.8, 4) is 12.3 Å². The van der Waals surface area contributed by atoms with Gasteiger partial charge in [-0.15, -0.1) is 12.3 Å². The molecule has 1 aromatic carbocycles. The Morgan fingerprint density at radius 2 is 2.11 bits per heavy atom. The third-order valence-electron chi connectivity index (χ3n) is 2.67. The zero-order valence-corrected chi connectivity index (χ0v) is 11.9. The van der Waals surface area contributed by atoms with Gasteiger partial charge in [-0.3, -0.25) is 4.79 Å². The molecule has 18 heavy (non-hydrogen) atoms. The number of hydrogen-bond acceptors (Lipinski definition) is 2. The molecule has 0 fully saturated rings. The molecule has 0 aliphatic rings. The predicted octanol–water partition coefficient (Wildman–Crippen LogP) is 2.37. The van der Waals surface area contributed by atoms with Crippen molar-refractivity contribution in [1.82, 2.24) is 5.32 Å². The molecule has 1 amide bonds. The first-order chi connectivity index (χ1) is 8.58. The first kappa shape index (κ1) is 14.7. The Balaban J connectivity index is 2.71. The molecule has 2 unspecified atom stereocenters. The van der Waals surface area contributed by atoms with E-state index < -0.39 is 6.04 Å². The van der Waals surface area contributed by atoms with E-state index in [1.165, 1.54) is 0 Å². The lowest BCUT2D eigenvalue weighted by molar-refractivity contribution is -0.123. The number of carbonyl (C=O) groups excluding carboxylic acids is 1. The van der Waals surface area contributed by atoms with Gasteiger partial charge in [0.2, 0.25) is 5.91 Å². The third-order valence-corrected chi connectivity index (χ3v) is 3.20. The largest absolute Gasteiger partial charge is 0.348 e. The van der Waals surface area contributed by atoms with E-state index in [9.17, 15) is 4.79 Å². The molecule has 0 spiro atoms. The predicted molar refractivity (Wildman–Crippen MR) is 76.7 cm³/mol. The molecule has 0 saturated carbocycles. The molecule has 0 aromatic heterocycles. The molecule has 0 aliphatic heterocycles. The molecule has 1 rings (SSSR count). The van der Waals surface area contributed by atoms with Crippen molar-refractivity contribution in [2.45, 2.75) is 31.8 Å². The highest BCUT2D eigenvalue weighted by atomic mass is 79.9. The lowest BCUT2D eigenvalue weighted by Crippen LogP contribution is -2.41. The summed E-state index contributed by atoms with van der Waals surface area (Å²) in [6.45, 7) is 2.01.